The Kier molecular flexibility index (Phi) is 5.48. The molecule has 0 aliphatic carbocycles. The molecule has 0 radical (unpaired) electrons. The number of benzene rings is 1. The minimum Gasteiger partial charge on any atom is -0.497 e. The standard InChI is InChI=1S/C13H19N3O5/c1-13(15,12(14)17)6-3-7-21-11-8-9(20-2)4-5-10(11)16(18)19/h4-5,8H,3,6-7,15H2,1-2H3,(H2,14,17). The summed E-state index contributed by atoms with van der Waals surface area (Å²) >= 11 is 0. The molecule has 1 amide bonds. The molecule has 0 spiro atoms. The summed E-state index contributed by atoms with van der Waals surface area (Å²) in [5.74, 6) is -0.0385. The maximum Gasteiger partial charge on any atom is 0.311 e. The molecule has 1 rings (SSSR count). The molecule has 0 bridgehead atoms. The van der Waals surface area contributed by atoms with E-state index in [1.165, 1.54) is 32.2 Å². The monoisotopic (exact) mass is 297 g/mol. The Labute approximate surface area is 122 Å². The minimum atomic E-state index is -1.12. The molecule has 8 nitrogen and oxygen atoms in total. The highest BCUT2D eigenvalue weighted by Crippen LogP contribution is 2.31. The number of rotatable bonds is 8. The van der Waals surface area contributed by atoms with Gasteiger partial charge in [-0.2, -0.15) is 0 Å². The molecule has 8 heteroatoms. The molecule has 4 N–H and O–H groups in total. The van der Waals surface area contributed by atoms with Gasteiger partial charge in [0.25, 0.3) is 0 Å². The summed E-state index contributed by atoms with van der Waals surface area (Å²) in [6, 6.07) is 4.23. The van der Waals surface area contributed by atoms with Crippen molar-refractivity contribution in [1.82, 2.24) is 0 Å². The first-order valence-electron chi connectivity index (χ1n) is 6.32. The number of nitrogens with two attached hydrogens (primary N) is 2. The smallest absolute Gasteiger partial charge is 0.311 e. The molecule has 1 aromatic rings. The van der Waals surface area contributed by atoms with Crippen molar-refractivity contribution < 1.29 is 19.2 Å². The van der Waals surface area contributed by atoms with Gasteiger partial charge in [-0.25, -0.2) is 0 Å². The molecule has 116 valence electrons. The third kappa shape index (κ3) is 4.60. The highest BCUT2D eigenvalue weighted by molar-refractivity contribution is 5.83. The highest BCUT2D eigenvalue weighted by atomic mass is 16.6. The SMILES string of the molecule is COc1ccc([N+](=O)[O-])c(OCCCC(C)(N)C(N)=O)c1. The number of hydrogen-bond acceptors (Lipinski definition) is 6. The second-order valence-electron chi connectivity index (χ2n) is 4.82. The van der Waals surface area contributed by atoms with Crippen LogP contribution < -0.4 is 20.9 Å². The fraction of sp³-hybridized carbons (Fsp3) is 0.462. The molecule has 0 aliphatic rings. The molecule has 1 unspecified atom stereocenters. The van der Waals surface area contributed by atoms with Crippen LogP contribution in [-0.2, 0) is 4.79 Å². The largest absolute Gasteiger partial charge is 0.497 e. The van der Waals surface area contributed by atoms with Gasteiger partial charge in [0.1, 0.15) is 5.75 Å². The van der Waals surface area contributed by atoms with Crippen molar-refractivity contribution in [3.8, 4) is 11.5 Å². The maximum atomic E-state index is 11.1. The number of ether oxygens (including phenoxy) is 2. The summed E-state index contributed by atoms with van der Waals surface area (Å²) in [5.41, 5.74) is 9.59. The van der Waals surface area contributed by atoms with E-state index >= 15 is 0 Å². The predicted octanol–water partition coefficient (Wildman–Crippen LogP) is 0.965. The summed E-state index contributed by atoms with van der Waals surface area (Å²) in [6.07, 6.45) is 0.754. The molecule has 0 saturated carbocycles. The number of nitro groups is 1. The van der Waals surface area contributed by atoms with E-state index in [0.717, 1.165) is 0 Å². The quantitative estimate of drug-likeness (QED) is 0.417. The molecule has 21 heavy (non-hydrogen) atoms. The van der Waals surface area contributed by atoms with Gasteiger partial charge in [-0.1, -0.05) is 0 Å². The van der Waals surface area contributed by atoms with E-state index in [0.29, 0.717) is 18.6 Å². The van der Waals surface area contributed by atoms with Crippen molar-refractivity contribution in [2.24, 2.45) is 11.5 Å². The third-order valence-corrected chi connectivity index (χ3v) is 3.02. The molecule has 0 aliphatic heterocycles. The van der Waals surface area contributed by atoms with Crippen LogP contribution >= 0.6 is 0 Å². The van der Waals surface area contributed by atoms with Crippen LogP contribution in [0.5, 0.6) is 11.5 Å². The number of carbonyl (C=O) groups is 1. The zero-order chi connectivity index (χ0) is 16.0. The van der Waals surface area contributed by atoms with Crippen LogP contribution in [0.2, 0.25) is 0 Å². The first-order chi connectivity index (χ1) is 9.77. The van der Waals surface area contributed by atoms with Gasteiger partial charge in [-0.05, 0) is 25.8 Å². The van der Waals surface area contributed by atoms with Gasteiger partial charge in [0, 0.05) is 12.1 Å². The zero-order valence-corrected chi connectivity index (χ0v) is 12.0. The van der Waals surface area contributed by atoms with Gasteiger partial charge in [-0.3, -0.25) is 14.9 Å². The van der Waals surface area contributed by atoms with Crippen LogP contribution in [0.15, 0.2) is 18.2 Å². The average Bonchev–Trinajstić information content (AvgIpc) is 2.42. The maximum absolute atomic E-state index is 11.1. The number of carbonyl (C=O) groups excluding carboxylic acids is 1. The Morgan fingerprint density at radius 1 is 1.48 bits per heavy atom. The minimum absolute atomic E-state index is 0.108. The highest BCUT2D eigenvalue weighted by Gasteiger charge is 2.25. The number of primary amides is 1. The summed E-state index contributed by atoms with van der Waals surface area (Å²) < 4.78 is 10.4. The summed E-state index contributed by atoms with van der Waals surface area (Å²) in [5, 5.41) is 10.9. The number of hydrogen-bond donors (Lipinski definition) is 2. The van der Waals surface area contributed by atoms with Crippen molar-refractivity contribution >= 4 is 11.6 Å². The number of amides is 1. The third-order valence-electron chi connectivity index (χ3n) is 3.02. The lowest BCUT2D eigenvalue weighted by Gasteiger charge is -2.20. The van der Waals surface area contributed by atoms with Crippen LogP contribution in [-0.4, -0.2) is 30.1 Å². The van der Waals surface area contributed by atoms with Crippen LogP contribution in [0.1, 0.15) is 19.8 Å². The number of nitro benzene ring substituents is 1. The van der Waals surface area contributed by atoms with Crippen LogP contribution in [0, 0.1) is 10.1 Å². The van der Waals surface area contributed by atoms with Crippen molar-refractivity contribution in [1.29, 1.82) is 0 Å². The number of methoxy groups -OCH3 is 1. The van der Waals surface area contributed by atoms with E-state index in [2.05, 4.69) is 0 Å². The Morgan fingerprint density at radius 2 is 2.14 bits per heavy atom. The Morgan fingerprint density at radius 3 is 2.67 bits per heavy atom. The molecule has 0 fully saturated rings. The fourth-order valence-corrected chi connectivity index (χ4v) is 1.63. The molecule has 1 aromatic carbocycles. The van der Waals surface area contributed by atoms with Gasteiger partial charge in [-0.15, -0.1) is 0 Å². The van der Waals surface area contributed by atoms with Gasteiger partial charge in [0.2, 0.25) is 11.7 Å². The van der Waals surface area contributed by atoms with Crippen molar-refractivity contribution in [3.05, 3.63) is 28.3 Å². The van der Waals surface area contributed by atoms with E-state index in [1.807, 2.05) is 0 Å². The molecule has 0 aromatic heterocycles. The van der Waals surface area contributed by atoms with E-state index in [9.17, 15) is 14.9 Å². The van der Waals surface area contributed by atoms with Crippen molar-refractivity contribution in [2.45, 2.75) is 25.3 Å². The van der Waals surface area contributed by atoms with Gasteiger partial charge in [0.05, 0.1) is 24.2 Å². The van der Waals surface area contributed by atoms with Crippen molar-refractivity contribution in [3.63, 3.8) is 0 Å². The Hall–Kier alpha value is -2.35. The topological polar surface area (TPSA) is 131 Å². The zero-order valence-electron chi connectivity index (χ0n) is 12.0. The Bertz CT molecular complexity index is 531. The second kappa shape index (κ2) is 6.89. The lowest BCUT2D eigenvalue weighted by Crippen LogP contribution is -2.49. The normalized spacial score (nSPS) is 13.3. The predicted molar refractivity (Wildman–Crippen MR) is 76.2 cm³/mol. The van der Waals surface area contributed by atoms with Crippen LogP contribution in [0.3, 0.4) is 0 Å². The van der Waals surface area contributed by atoms with E-state index in [1.54, 1.807) is 0 Å². The van der Waals surface area contributed by atoms with Crippen LogP contribution in [0.25, 0.3) is 0 Å². The summed E-state index contributed by atoms with van der Waals surface area (Å²) in [6.45, 7) is 1.71. The van der Waals surface area contributed by atoms with Gasteiger partial charge >= 0.3 is 5.69 Å². The van der Waals surface area contributed by atoms with E-state index in [4.69, 9.17) is 20.9 Å². The van der Waals surface area contributed by atoms with E-state index in [-0.39, 0.29) is 18.0 Å². The average molecular weight is 297 g/mol. The molecule has 0 saturated heterocycles. The first kappa shape index (κ1) is 16.7. The summed E-state index contributed by atoms with van der Waals surface area (Å²) in [7, 11) is 1.46. The molecular weight excluding hydrogens is 278 g/mol. The van der Waals surface area contributed by atoms with Crippen LogP contribution in [0.4, 0.5) is 5.69 Å². The lowest BCUT2D eigenvalue weighted by molar-refractivity contribution is -0.385. The number of nitrogens with zero attached hydrogens (tertiary/aromatic N) is 1. The van der Waals surface area contributed by atoms with Gasteiger partial charge in [0.15, 0.2) is 0 Å². The van der Waals surface area contributed by atoms with Crippen molar-refractivity contribution in [2.75, 3.05) is 13.7 Å². The summed E-state index contributed by atoms with van der Waals surface area (Å²) in [4.78, 5) is 21.4. The van der Waals surface area contributed by atoms with E-state index < -0.39 is 16.4 Å². The lowest BCUT2D eigenvalue weighted by atomic mass is 9.97. The Balaban J connectivity index is 2.66. The first-order valence-corrected chi connectivity index (χ1v) is 6.32. The van der Waals surface area contributed by atoms with Gasteiger partial charge < -0.3 is 20.9 Å². The molecule has 0 heterocycles. The second-order valence-corrected chi connectivity index (χ2v) is 4.82. The molecule has 1 atom stereocenters. The fourth-order valence-electron chi connectivity index (χ4n) is 1.63. The molecular formula is C13H19N3O5.